The number of carbonyl (C=O) groups excluding carboxylic acids is 1. The van der Waals surface area contributed by atoms with E-state index in [-0.39, 0.29) is 5.91 Å². The predicted molar refractivity (Wildman–Crippen MR) is 78.8 cm³/mol. The van der Waals surface area contributed by atoms with Gasteiger partial charge in [-0.1, -0.05) is 6.07 Å². The number of nitrogens with one attached hydrogen (secondary N) is 2. The minimum Gasteiger partial charge on any atom is -0.384 e. The highest BCUT2D eigenvalue weighted by atomic mass is 16.1. The Morgan fingerprint density at radius 1 is 1.40 bits per heavy atom. The summed E-state index contributed by atoms with van der Waals surface area (Å²) < 4.78 is 0. The minimum atomic E-state index is -0.0438. The summed E-state index contributed by atoms with van der Waals surface area (Å²) in [7, 11) is 0. The van der Waals surface area contributed by atoms with Crippen LogP contribution >= 0.6 is 0 Å². The van der Waals surface area contributed by atoms with Gasteiger partial charge < -0.3 is 10.6 Å². The Morgan fingerprint density at radius 3 is 3.15 bits per heavy atom. The number of rotatable bonds is 3. The minimum absolute atomic E-state index is 0.0438. The van der Waals surface area contributed by atoms with E-state index in [1.165, 1.54) is 5.56 Å². The fourth-order valence-electron chi connectivity index (χ4n) is 2.41. The van der Waals surface area contributed by atoms with Crippen molar-refractivity contribution in [2.24, 2.45) is 0 Å². The Morgan fingerprint density at radius 2 is 2.30 bits per heavy atom. The number of fused-ring (bicyclic) bond motifs is 1. The third kappa shape index (κ3) is 2.50. The molecule has 0 spiro atoms. The van der Waals surface area contributed by atoms with Gasteiger partial charge in [-0.05, 0) is 48.2 Å². The topological polar surface area (TPSA) is 54.0 Å². The zero-order valence-electron chi connectivity index (χ0n) is 11.4. The summed E-state index contributed by atoms with van der Waals surface area (Å²) in [6.45, 7) is 3.47. The Hall–Kier alpha value is -2.36. The lowest BCUT2D eigenvalue weighted by Crippen LogP contribution is -2.23. The number of amides is 1. The molecule has 3 rings (SSSR count). The van der Waals surface area contributed by atoms with Gasteiger partial charge in [0.15, 0.2) is 0 Å². The maximum Gasteiger partial charge on any atom is 0.251 e. The molecule has 20 heavy (non-hydrogen) atoms. The maximum atomic E-state index is 12.2. The number of pyridine rings is 1. The zero-order valence-corrected chi connectivity index (χ0v) is 11.4. The first-order valence-electron chi connectivity index (χ1n) is 6.78. The molecule has 0 bridgehead atoms. The predicted octanol–water partition coefficient (Wildman–Crippen LogP) is 2.29. The molecule has 2 N–H and O–H groups in total. The molecule has 4 nitrogen and oxygen atoms in total. The van der Waals surface area contributed by atoms with Crippen LogP contribution in [0.25, 0.3) is 0 Å². The first-order chi connectivity index (χ1) is 9.74. The van der Waals surface area contributed by atoms with Crippen LogP contribution in [-0.4, -0.2) is 17.4 Å². The van der Waals surface area contributed by atoms with Gasteiger partial charge in [-0.25, -0.2) is 0 Å². The second kappa shape index (κ2) is 5.33. The fraction of sp³-hybridized carbons (Fsp3) is 0.250. The number of nitrogens with zero attached hydrogens (tertiary/aromatic N) is 1. The molecule has 0 atom stereocenters. The van der Waals surface area contributed by atoms with Crippen LogP contribution in [-0.2, 0) is 13.0 Å². The van der Waals surface area contributed by atoms with E-state index in [2.05, 4.69) is 15.6 Å². The van der Waals surface area contributed by atoms with Crippen LogP contribution in [0, 0.1) is 6.92 Å². The molecule has 1 aliphatic rings. The van der Waals surface area contributed by atoms with Gasteiger partial charge in [-0.3, -0.25) is 9.78 Å². The smallest absolute Gasteiger partial charge is 0.251 e. The lowest BCUT2D eigenvalue weighted by atomic mass is 10.1. The van der Waals surface area contributed by atoms with Gasteiger partial charge in [0.05, 0.1) is 0 Å². The molecule has 0 fully saturated rings. The molecular formula is C16H17N3O. The van der Waals surface area contributed by atoms with E-state index in [4.69, 9.17) is 0 Å². The highest BCUT2D eigenvalue weighted by Gasteiger charge is 2.13. The van der Waals surface area contributed by atoms with Crippen LogP contribution in [0.1, 0.15) is 27.0 Å². The van der Waals surface area contributed by atoms with Crippen molar-refractivity contribution in [1.29, 1.82) is 0 Å². The van der Waals surface area contributed by atoms with Crippen LogP contribution in [0.3, 0.4) is 0 Å². The lowest BCUT2D eigenvalue weighted by Gasteiger charge is -2.08. The summed E-state index contributed by atoms with van der Waals surface area (Å²) >= 11 is 0. The quantitative estimate of drug-likeness (QED) is 0.897. The molecule has 1 aromatic carbocycles. The van der Waals surface area contributed by atoms with Crippen molar-refractivity contribution in [3.05, 3.63) is 58.9 Å². The summed E-state index contributed by atoms with van der Waals surface area (Å²) in [6.07, 6.45) is 4.59. The third-order valence-corrected chi connectivity index (χ3v) is 3.66. The van der Waals surface area contributed by atoms with Gasteiger partial charge in [0.2, 0.25) is 0 Å². The van der Waals surface area contributed by atoms with E-state index in [1.54, 1.807) is 12.4 Å². The van der Waals surface area contributed by atoms with Crippen molar-refractivity contribution < 1.29 is 4.79 Å². The second-order valence-electron chi connectivity index (χ2n) is 5.03. The SMILES string of the molecule is Cc1cnccc1CNC(=O)c1ccc2c(c1)NCC2. The van der Waals surface area contributed by atoms with Gasteiger partial charge in [-0.15, -0.1) is 0 Å². The normalized spacial score (nSPS) is 12.7. The molecular weight excluding hydrogens is 250 g/mol. The Balaban J connectivity index is 1.69. The first-order valence-corrected chi connectivity index (χ1v) is 6.78. The highest BCUT2D eigenvalue weighted by Crippen LogP contribution is 2.23. The summed E-state index contributed by atoms with van der Waals surface area (Å²) in [5, 5.41) is 6.24. The average Bonchev–Trinajstić information content (AvgIpc) is 2.93. The summed E-state index contributed by atoms with van der Waals surface area (Å²) in [5.41, 5.74) is 5.24. The van der Waals surface area contributed by atoms with Gasteiger partial charge in [0.1, 0.15) is 0 Å². The standard InChI is InChI=1S/C16H17N3O/c1-11-9-17-6-4-14(11)10-19-16(20)13-3-2-12-5-7-18-15(12)8-13/h2-4,6,8-9,18H,5,7,10H2,1H3,(H,19,20). The van der Waals surface area contributed by atoms with Crippen molar-refractivity contribution in [1.82, 2.24) is 10.3 Å². The van der Waals surface area contributed by atoms with E-state index in [0.717, 1.165) is 29.8 Å². The fourth-order valence-corrected chi connectivity index (χ4v) is 2.41. The Bertz CT molecular complexity index is 652. The molecule has 2 heterocycles. The van der Waals surface area contributed by atoms with Crippen LogP contribution in [0.2, 0.25) is 0 Å². The number of hydrogen-bond donors (Lipinski definition) is 2. The number of aryl methyl sites for hydroxylation is 1. The summed E-state index contributed by atoms with van der Waals surface area (Å²) in [5.74, 6) is -0.0438. The van der Waals surface area contributed by atoms with Crippen LogP contribution in [0.5, 0.6) is 0 Å². The van der Waals surface area contributed by atoms with Crippen molar-refractivity contribution in [2.75, 3.05) is 11.9 Å². The van der Waals surface area contributed by atoms with Crippen molar-refractivity contribution in [2.45, 2.75) is 19.9 Å². The molecule has 0 saturated carbocycles. The molecule has 0 unspecified atom stereocenters. The third-order valence-electron chi connectivity index (χ3n) is 3.66. The monoisotopic (exact) mass is 267 g/mol. The molecule has 0 radical (unpaired) electrons. The first kappa shape index (κ1) is 12.7. The number of benzene rings is 1. The molecule has 2 aromatic rings. The largest absolute Gasteiger partial charge is 0.384 e. The van der Waals surface area contributed by atoms with E-state index < -0.39 is 0 Å². The summed E-state index contributed by atoms with van der Waals surface area (Å²) in [6, 6.07) is 7.78. The Kier molecular flexibility index (Phi) is 3.37. The molecule has 1 amide bonds. The second-order valence-corrected chi connectivity index (χ2v) is 5.03. The maximum absolute atomic E-state index is 12.2. The van der Waals surface area contributed by atoms with Gasteiger partial charge in [-0.2, -0.15) is 0 Å². The van der Waals surface area contributed by atoms with E-state index >= 15 is 0 Å². The van der Waals surface area contributed by atoms with E-state index in [9.17, 15) is 4.79 Å². The van der Waals surface area contributed by atoms with Crippen molar-refractivity contribution >= 4 is 11.6 Å². The van der Waals surface area contributed by atoms with Crippen LogP contribution in [0.15, 0.2) is 36.7 Å². The van der Waals surface area contributed by atoms with Crippen LogP contribution < -0.4 is 10.6 Å². The van der Waals surface area contributed by atoms with Gasteiger partial charge in [0.25, 0.3) is 5.91 Å². The summed E-state index contributed by atoms with van der Waals surface area (Å²) in [4.78, 5) is 16.2. The van der Waals surface area contributed by atoms with Crippen LogP contribution in [0.4, 0.5) is 5.69 Å². The number of hydrogen-bond acceptors (Lipinski definition) is 3. The molecule has 0 saturated heterocycles. The molecule has 4 heteroatoms. The van der Waals surface area contributed by atoms with E-state index in [1.807, 2.05) is 31.2 Å². The average molecular weight is 267 g/mol. The van der Waals surface area contributed by atoms with E-state index in [0.29, 0.717) is 12.1 Å². The number of carbonyl (C=O) groups is 1. The molecule has 1 aromatic heterocycles. The van der Waals surface area contributed by atoms with Gasteiger partial charge >= 0.3 is 0 Å². The molecule has 1 aliphatic heterocycles. The molecule has 0 aliphatic carbocycles. The molecule has 102 valence electrons. The zero-order chi connectivity index (χ0) is 13.9. The van der Waals surface area contributed by atoms with Crippen molar-refractivity contribution in [3.8, 4) is 0 Å². The highest BCUT2D eigenvalue weighted by molar-refractivity contribution is 5.95. The Labute approximate surface area is 118 Å². The number of anilines is 1. The van der Waals surface area contributed by atoms with Gasteiger partial charge in [0, 0.05) is 36.7 Å². The number of aromatic nitrogens is 1. The van der Waals surface area contributed by atoms with Crippen molar-refractivity contribution in [3.63, 3.8) is 0 Å². The lowest BCUT2D eigenvalue weighted by molar-refractivity contribution is 0.0951.